The highest BCUT2D eigenvalue weighted by atomic mass is 32.1. The first-order chi connectivity index (χ1) is 11.1. The van der Waals surface area contributed by atoms with Crippen LogP contribution in [-0.2, 0) is 17.6 Å². The van der Waals surface area contributed by atoms with Crippen molar-refractivity contribution < 1.29 is 14.0 Å². The Morgan fingerprint density at radius 3 is 2.70 bits per heavy atom. The van der Waals surface area contributed by atoms with Crippen LogP contribution in [0, 0.1) is 5.82 Å². The number of ketones is 2. The van der Waals surface area contributed by atoms with Crippen LogP contribution in [0.2, 0.25) is 0 Å². The smallest absolute Gasteiger partial charge is 0.265 e. The molecule has 2 heterocycles. The fraction of sp³-hybridized carbons (Fsp3) is 0.133. The van der Waals surface area contributed by atoms with E-state index in [1.165, 1.54) is 29.8 Å². The Bertz CT molecular complexity index is 828. The number of nitrogens with one attached hydrogen (secondary N) is 1. The molecule has 0 saturated carbocycles. The van der Waals surface area contributed by atoms with Gasteiger partial charge in [0.2, 0.25) is 5.78 Å². The maximum atomic E-state index is 12.9. The van der Waals surface area contributed by atoms with Gasteiger partial charge in [-0.25, -0.2) is 14.4 Å². The number of carbonyl (C=O) groups is 2. The lowest BCUT2D eigenvalue weighted by atomic mass is 10.1. The Morgan fingerprint density at radius 2 is 2.00 bits per heavy atom. The van der Waals surface area contributed by atoms with Gasteiger partial charge < -0.3 is 0 Å². The highest BCUT2D eigenvalue weighted by Gasteiger charge is 2.20. The van der Waals surface area contributed by atoms with Crippen LogP contribution in [0.15, 0.2) is 36.0 Å². The Kier molecular flexibility index (Phi) is 4.33. The summed E-state index contributed by atoms with van der Waals surface area (Å²) in [6, 6.07) is 6.16. The van der Waals surface area contributed by atoms with Crippen LogP contribution in [0.5, 0.6) is 0 Å². The summed E-state index contributed by atoms with van der Waals surface area (Å²) in [5.74, 6) is -1.66. The van der Waals surface area contributed by atoms with Crippen LogP contribution in [0.25, 0.3) is 0 Å². The van der Waals surface area contributed by atoms with E-state index in [4.69, 9.17) is 0 Å². The fourth-order valence-corrected chi connectivity index (χ4v) is 2.78. The predicted molar refractivity (Wildman–Crippen MR) is 80.7 cm³/mol. The molecule has 2 aromatic heterocycles. The normalized spacial score (nSPS) is 10.7. The highest BCUT2D eigenvalue weighted by molar-refractivity contribution is 7.09. The number of H-pyrrole nitrogens is 1. The van der Waals surface area contributed by atoms with Gasteiger partial charge in [0.05, 0.1) is 12.1 Å². The van der Waals surface area contributed by atoms with Crippen LogP contribution in [0.1, 0.15) is 26.9 Å². The third-order valence-corrected chi connectivity index (χ3v) is 3.99. The number of thiazole rings is 1. The summed E-state index contributed by atoms with van der Waals surface area (Å²) in [6.07, 6.45) is 1.64. The number of rotatable bonds is 6. The zero-order chi connectivity index (χ0) is 16.2. The second kappa shape index (κ2) is 6.57. The van der Waals surface area contributed by atoms with E-state index < -0.39 is 11.6 Å². The molecule has 0 radical (unpaired) electrons. The maximum absolute atomic E-state index is 12.9. The Morgan fingerprint density at radius 1 is 1.22 bits per heavy atom. The molecule has 0 saturated heterocycles. The molecule has 0 amide bonds. The van der Waals surface area contributed by atoms with Gasteiger partial charge in [-0.1, -0.05) is 12.1 Å². The van der Waals surface area contributed by atoms with Crippen LogP contribution >= 0.6 is 11.3 Å². The largest absolute Gasteiger partial charge is 0.290 e. The van der Waals surface area contributed by atoms with Gasteiger partial charge in [0.25, 0.3) is 5.78 Å². The number of Topliss-reactive ketones (excluding diaryl/α,β-unsaturated/α-hetero) is 2. The molecule has 1 aromatic carbocycles. The van der Waals surface area contributed by atoms with E-state index in [0.717, 1.165) is 11.3 Å². The summed E-state index contributed by atoms with van der Waals surface area (Å²) in [5, 5.41) is 8.29. The van der Waals surface area contributed by atoms with Crippen molar-refractivity contribution in [2.24, 2.45) is 0 Å². The summed E-state index contributed by atoms with van der Waals surface area (Å²) >= 11 is 1.31. The van der Waals surface area contributed by atoms with E-state index in [9.17, 15) is 14.0 Å². The first-order valence-corrected chi connectivity index (χ1v) is 7.60. The molecule has 0 aliphatic carbocycles. The zero-order valence-corrected chi connectivity index (χ0v) is 12.6. The van der Waals surface area contributed by atoms with Crippen molar-refractivity contribution in [1.29, 1.82) is 0 Å². The molecule has 3 rings (SSSR count). The monoisotopic (exact) mass is 330 g/mol. The van der Waals surface area contributed by atoms with E-state index in [-0.39, 0.29) is 18.1 Å². The summed E-state index contributed by atoms with van der Waals surface area (Å²) in [4.78, 5) is 31.7. The maximum Gasteiger partial charge on any atom is 0.265 e. The third-order valence-electron chi connectivity index (χ3n) is 3.09. The molecule has 116 valence electrons. The van der Waals surface area contributed by atoms with Crippen molar-refractivity contribution in [1.82, 2.24) is 20.2 Å². The van der Waals surface area contributed by atoms with E-state index in [2.05, 4.69) is 20.2 Å². The van der Waals surface area contributed by atoms with E-state index in [1.807, 2.05) is 5.38 Å². The number of carbonyl (C=O) groups excluding carboxylic acids is 2. The van der Waals surface area contributed by atoms with Gasteiger partial charge in [-0.15, -0.1) is 11.3 Å². The van der Waals surface area contributed by atoms with Crippen molar-refractivity contribution in [3.05, 3.63) is 63.9 Å². The first kappa shape index (κ1) is 15.2. The van der Waals surface area contributed by atoms with E-state index >= 15 is 0 Å². The standard InChI is InChI=1S/C15H11FN4O2S/c16-10-3-1-9(2-4-10)5-11-7-23-13(19-11)6-12(21)14(22)15-17-8-18-20-15/h1-4,7-8H,5-6H2,(H,17,18,20). The Hall–Kier alpha value is -2.74. The minimum absolute atomic E-state index is 0.0712. The molecular formula is C15H11FN4O2S. The average molecular weight is 330 g/mol. The molecule has 0 spiro atoms. The fourth-order valence-electron chi connectivity index (χ4n) is 1.99. The minimum Gasteiger partial charge on any atom is -0.290 e. The second-order valence-corrected chi connectivity index (χ2v) is 5.74. The minimum atomic E-state index is -0.710. The second-order valence-electron chi connectivity index (χ2n) is 4.80. The summed E-state index contributed by atoms with van der Waals surface area (Å²) in [6.45, 7) is 0. The van der Waals surface area contributed by atoms with Crippen LogP contribution in [0.3, 0.4) is 0 Å². The number of halogens is 1. The van der Waals surface area contributed by atoms with Gasteiger partial charge >= 0.3 is 0 Å². The number of hydrogen-bond acceptors (Lipinski definition) is 6. The molecule has 0 fully saturated rings. The SMILES string of the molecule is O=C(Cc1nc(Cc2ccc(F)cc2)cs1)C(=O)c1ncn[nH]1. The molecule has 23 heavy (non-hydrogen) atoms. The van der Waals surface area contributed by atoms with Gasteiger partial charge in [0.1, 0.15) is 17.2 Å². The molecule has 6 nitrogen and oxygen atoms in total. The Balaban J connectivity index is 1.64. The van der Waals surface area contributed by atoms with Crippen LogP contribution in [-0.4, -0.2) is 31.7 Å². The zero-order valence-electron chi connectivity index (χ0n) is 11.8. The number of aromatic amines is 1. The first-order valence-electron chi connectivity index (χ1n) is 6.72. The van der Waals surface area contributed by atoms with Gasteiger partial charge in [0.15, 0.2) is 5.82 Å². The van der Waals surface area contributed by atoms with Gasteiger partial charge in [-0.05, 0) is 17.7 Å². The van der Waals surface area contributed by atoms with Crippen LogP contribution < -0.4 is 0 Å². The van der Waals surface area contributed by atoms with Crippen molar-refractivity contribution in [3.8, 4) is 0 Å². The lowest BCUT2D eigenvalue weighted by Crippen LogP contribution is -2.18. The topological polar surface area (TPSA) is 88.6 Å². The van der Waals surface area contributed by atoms with Crippen molar-refractivity contribution in [3.63, 3.8) is 0 Å². The third kappa shape index (κ3) is 3.72. The van der Waals surface area contributed by atoms with Crippen LogP contribution in [0.4, 0.5) is 4.39 Å². The van der Waals surface area contributed by atoms with Crippen molar-refractivity contribution in [2.75, 3.05) is 0 Å². The van der Waals surface area contributed by atoms with Gasteiger partial charge in [-0.3, -0.25) is 14.7 Å². The molecule has 0 aliphatic heterocycles. The molecule has 3 aromatic rings. The molecule has 0 aliphatic rings. The lowest BCUT2D eigenvalue weighted by Gasteiger charge is -1.98. The molecule has 0 bridgehead atoms. The molecule has 0 unspecified atom stereocenters. The average Bonchev–Trinajstić information content (AvgIpc) is 3.21. The predicted octanol–water partition coefficient (Wildman–Crippen LogP) is 1.99. The molecular weight excluding hydrogens is 319 g/mol. The van der Waals surface area contributed by atoms with Crippen molar-refractivity contribution in [2.45, 2.75) is 12.8 Å². The van der Waals surface area contributed by atoms with Gasteiger partial charge in [-0.2, -0.15) is 5.10 Å². The Labute approximate surface area is 134 Å². The van der Waals surface area contributed by atoms with E-state index in [0.29, 0.717) is 11.4 Å². The number of benzene rings is 1. The summed E-state index contributed by atoms with van der Waals surface area (Å²) < 4.78 is 12.9. The summed E-state index contributed by atoms with van der Waals surface area (Å²) in [5.41, 5.74) is 1.70. The van der Waals surface area contributed by atoms with E-state index in [1.54, 1.807) is 12.1 Å². The van der Waals surface area contributed by atoms with Gasteiger partial charge in [0, 0.05) is 11.8 Å². The van der Waals surface area contributed by atoms with Crippen molar-refractivity contribution >= 4 is 22.9 Å². The summed E-state index contributed by atoms with van der Waals surface area (Å²) in [7, 11) is 0. The molecule has 1 N–H and O–H groups in total. The number of aromatic nitrogens is 4. The molecule has 0 atom stereocenters. The lowest BCUT2D eigenvalue weighted by molar-refractivity contribution is -0.114. The molecule has 8 heteroatoms. The number of hydrogen-bond donors (Lipinski definition) is 1. The highest BCUT2D eigenvalue weighted by Crippen LogP contribution is 2.15. The number of nitrogens with zero attached hydrogens (tertiary/aromatic N) is 3. The quantitative estimate of drug-likeness (QED) is 0.551.